The van der Waals surface area contributed by atoms with Crippen molar-refractivity contribution in [2.75, 3.05) is 39.6 Å². The number of aliphatic hydroxyl groups excluding tert-OH is 1. The highest BCUT2D eigenvalue weighted by Gasteiger charge is 2.30. The van der Waals surface area contributed by atoms with Crippen molar-refractivity contribution in [2.24, 2.45) is 0 Å². The standard InChI is InChI=1S/C89H138O17P2/c1-5-9-13-17-21-25-29-32-35-38-41-44-47-50-54-57-61-65-69-73-86(91)99-79-84(105-88(93)75-71-67-63-59-53-28-24-20-16-12-8-4)81-103-107(95,96)101-77-83(90)78-102-108(97,98)104-82-85(106-89(94)76-72-68-64-60-56-52-49-46-43-40-37-34-31-27-23-19-15-11-7-3)80-100-87(92)74-70-66-62-58-55-51-48-45-42-39-36-33-30-26-22-18-14-10-6-2/h9-11,13-15,21-23,25-27,32-37,41-46,50-52,54-56,61-62,64-66,68,83-85,90H,5-8,12,16-20,24,28-31,38-40,47-49,53,57-60,63,67,69-82H2,1-4H3,(H,95,96)(H,97,98)/b13-9-,14-10-,15-11-,25-21-,26-22-,27-23-,35-32-,36-33-,37-34-,44-41-,45-42-,46-43-,54-50-,55-51-,56-52-,65-61-,66-62-,68-64-. The molecule has 0 aromatic rings. The molecular weight excluding hydrogens is 1400 g/mol. The van der Waals surface area contributed by atoms with E-state index in [1.54, 1.807) is 0 Å². The summed E-state index contributed by atoms with van der Waals surface area (Å²) in [4.78, 5) is 72.9. The Bertz CT molecular complexity index is 2910. The number of esters is 4. The molecule has 108 heavy (non-hydrogen) atoms. The second kappa shape index (κ2) is 78.5. The Labute approximate surface area is 651 Å². The summed E-state index contributed by atoms with van der Waals surface area (Å²) in [5, 5.41) is 10.6. The number of carbonyl (C=O) groups is 4. The number of aliphatic hydroxyl groups is 1. The van der Waals surface area contributed by atoms with E-state index < -0.39 is 97.5 Å². The van der Waals surface area contributed by atoms with Crippen LogP contribution in [0.2, 0.25) is 0 Å². The number of phosphoric ester groups is 2. The molecule has 5 unspecified atom stereocenters. The molecule has 5 atom stereocenters. The SMILES string of the molecule is CC/C=C\C/C=C\C/C=C\C/C=C\C/C=C\C/C=C\CCC(=O)OCC(COP(=O)(O)OCC(O)COP(=O)(O)OCC(COC(=O)CC/C=C\C/C=C\C/C=C\C/C=C\C/C=C\C/C=C\CC)OC(=O)CCCCCCCCCCCCC)OC(=O)CC/C=C\C/C=C\C/C=C\C/C=C\C/C=C\C/C=C\CC. The molecule has 0 aliphatic heterocycles. The molecule has 0 rings (SSSR count). The third-order valence-electron chi connectivity index (χ3n) is 15.5. The molecule has 17 nitrogen and oxygen atoms in total. The summed E-state index contributed by atoms with van der Waals surface area (Å²) in [5.74, 6) is -2.50. The van der Waals surface area contributed by atoms with Gasteiger partial charge in [0.25, 0.3) is 0 Å². The molecule has 0 heterocycles. The van der Waals surface area contributed by atoms with Gasteiger partial charge in [-0.1, -0.05) is 311 Å². The third kappa shape index (κ3) is 77.5. The van der Waals surface area contributed by atoms with Gasteiger partial charge < -0.3 is 33.8 Å². The zero-order valence-corrected chi connectivity index (χ0v) is 68.0. The van der Waals surface area contributed by atoms with Crippen LogP contribution in [0.3, 0.4) is 0 Å². The topological polar surface area (TPSA) is 237 Å². The summed E-state index contributed by atoms with van der Waals surface area (Å²) in [5.41, 5.74) is 0. The van der Waals surface area contributed by atoms with Gasteiger partial charge in [-0.2, -0.15) is 0 Å². The van der Waals surface area contributed by atoms with E-state index in [0.29, 0.717) is 44.9 Å². The maximum Gasteiger partial charge on any atom is 0.472 e. The van der Waals surface area contributed by atoms with Crippen LogP contribution in [0, 0.1) is 0 Å². The van der Waals surface area contributed by atoms with Crippen LogP contribution in [0.15, 0.2) is 219 Å². The number of allylic oxidation sites excluding steroid dienone is 36. The summed E-state index contributed by atoms with van der Waals surface area (Å²) in [7, 11) is -10.0. The molecule has 0 radical (unpaired) electrons. The van der Waals surface area contributed by atoms with Gasteiger partial charge in [0.2, 0.25) is 0 Å². The molecule has 0 saturated carbocycles. The molecule has 606 valence electrons. The molecule has 0 aliphatic carbocycles. The summed E-state index contributed by atoms with van der Waals surface area (Å²) in [6.07, 6.45) is 99.7. The first-order valence-corrected chi connectivity index (χ1v) is 43.0. The highest BCUT2D eigenvalue weighted by molar-refractivity contribution is 7.47. The molecule has 0 aliphatic rings. The Hall–Kier alpha value is -6.62. The van der Waals surface area contributed by atoms with Gasteiger partial charge in [-0.15, -0.1) is 0 Å². The summed E-state index contributed by atoms with van der Waals surface area (Å²) in [6.45, 7) is 4.22. The third-order valence-corrected chi connectivity index (χ3v) is 17.4. The maximum absolute atomic E-state index is 13.1. The van der Waals surface area contributed by atoms with E-state index in [9.17, 15) is 43.2 Å². The Morgan fingerprint density at radius 3 is 0.741 bits per heavy atom. The first kappa shape index (κ1) is 101. The minimum Gasteiger partial charge on any atom is -0.462 e. The Balaban J connectivity index is 5.56. The predicted octanol–water partition coefficient (Wildman–Crippen LogP) is 23.7. The van der Waals surface area contributed by atoms with Crippen molar-refractivity contribution in [3.63, 3.8) is 0 Å². The quantitative estimate of drug-likeness (QED) is 0.0169. The summed E-state index contributed by atoms with van der Waals surface area (Å²) in [6, 6.07) is 0. The lowest BCUT2D eigenvalue weighted by Crippen LogP contribution is -2.30. The Morgan fingerprint density at radius 1 is 0.269 bits per heavy atom. The van der Waals surface area contributed by atoms with Gasteiger partial charge in [0.1, 0.15) is 19.3 Å². The fraction of sp³-hybridized carbons (Fsp3) is 0.551. The van der Waals surface area contributed by atoms with Gasteiger partial charge in [-0.25, -0.2) is 9.13 Å². The largest absolute Gasteiger partial charge is 0.472 e. The lowest BCUT2D eigenvalue weighted by atomic mass is 10.1. The van der Waals surface area contributed by atoms with Crippen LogP contribution in [0.1, 0.15) is 259 Å². The Morgan fingerprint density at radius 2 is 0.481 bits per heavy atom. The Kier molecular flexibility index (Phi) is 73.7. The van der Waals surface area contributed by atoms with Gasteiger partial charge in [0, 0.05) is 25.7 Å². The minimum absolute atomic E-state index is 0.00948. The fourth-order valence-electron chi connectivity index (χ4n) is 9.53. The molecule has 0 spiro atoms. The van der Waals surface area contributed by atoms with Crippen molar-refractivity contribution in [3.05, 3.63) is 219 Å². The van der Waals surface area contributed by atoms with Crippen molar-refractivity contribution in [1.29, 1.82) is 0 Å². The van der Waals surface area contributed by atoms with E-state index in [1.165, 1.54) is 38.5 Å². The number of phosphoric acid groups is 2. The molecular formula is C89H138O17P2. The highest BCUT2D eigenvalue weighted by atomic mass is 31.2. The van der Waals surface area contributed by atoms with Crippen LogP contribution in [0.25, 0.3) is 0 Å². The second-order valence-electron chi connectivity index (χ2n) is 25.5. The zero-order chi connectivity index (χ0) is 78.9. The summed E-state index contributed by atoms with van der Waals surface area (Å²) >= 11 is 0. The minimum atomic E-state index is -5.03. The van der Waals surface area contributed by atoms with Crippen LogP contribution in [-0.4, -0.2) is 96.7 Å². The monoisotopic (exact) mass is 1540 g/mol. The number of hydrogen-bond donors (Lipinski definition) is 3. The van der Waals surface area contributed by atoms with Crippen molar-refractivity contribution in [1.82, 2.24) is 0 Å². The van der Waals surface area contributed by atoms with Crippen molar-refractivity contribution >= 4 is 39.5 Å². The molecule has 0 aromatic heterocycles. The van der Waals surface area contributed by atoms with Crippen LogP contribution in [-0.2, 0) is 65.4 Å². The molecule has 0 fully saturated rings. The van der Waals surface area contributed by atoms with Gasteiger partial charge in [-0.05, 0) is 141 Å². The maximum atomic E-state index is 13.1. The number of ether oxygens (including phenoxy) is 4. The number of rotatable bonds is 72. The van der Waals surface area contributed by atoms with Gasteiger partial charge in [0.05, 0.1) is 26.4 Å². The van der Waals surface area contributed by atoms with E-state index in [-0.39, 0.29) is 25.7 Å². The van der Waals surface area contributed by atoms with Crippen molar-refractivity contribution in [3.8, 4) is 0 Å². The van der Waals surface area contributed by atoms with Crippen LogP contribution in [0.4, 0.5) is 0 Å². The first-order valence-electron chi connectivity index (χ1n) is 40.0. The van der Waals surface area contributed by atoms with Crippen LogP contribution >= 0.6 is 15.6 Å². The fourth-order valence-corrected chi connectivity index (χ4v) is 11.1. The van der Waals surface area contributed by atoms with Crippen molar-refractivity contribution in [2.45, 2.75) is 277 Å². The van der Waals surface area contributed by atoms with E-state index in [4.69, 9.17) is 37.0 Å². The molecule has 0 aromatic carbocycles. The first-order chi connectivity index (χ1) is 52.7. The van der Waals surface area contributed by atoms with E-state index >= 15 is 0 Å². The molecule has 3 N–H and O–H groups in total. The van der Waals surface area contributed by atoms with Crippen LogP contribution < -0.4 is 0 Å². The zero-order valence-electron chi connectivity index (χ0n) is 66.2. The molecule has 0 bridgehead atoms. The number of unbranched alkanes of at least 4 members (excludes halogenated alkanes) is 10. The second-order valence-corrected chi connectivity index (χ2v) is 28.4. The lowest BCUT2D eigenvalue weighted by molar-refractivity contribution is -0.161. The average molecular weight is 1540 g/mol. The van der Waals surface area contributed by atoms with Crippen molar-refractivity contribution < 1.29 is 80.2 Å². The number of hydrogen-bond acceptors (Lipinski definition) is 15. The van der Waals surface area contributed by atoms with E-state index in [1.807, 2.05) is 54.7 Å². The predicted molar refractivity (Wildman–Crippen MR) is 445 cm³/mol. The van der Waals surface area contributed by atoms with Gasteiger partial charge in [-0.3, -0.25) is 37.3 Å². The van der Waals surface area contributed by atoms with Gasteiger partial charge in [0.15, 0.2) is 12.2 Å². The lowest BCUT2D eigenvalue weighted by Gasteiger charge is -2.21. The molecule has 0 amide bonds. The van der Waals surface area contributed by atoms with Crippen LogP contribution in [0.5, 0.6) is 0 Å². The molecule has 19 heteroatoms. The molecule has 0 saturated heterocycles. The van der Waals surface area contributed by atoms with E-state index in [2.05, 4.69) is 192 Å². The number of carbonyl (C=O) groups excluding carboxylic acids is 4. The smallest absolute Gasteiger partial charge is 0.462 e. The average Bonchev–Trinajstić information content (AvgIpc) is 0.917. The van der Waals surface area contributed by atoms with Gasteiger partial charge >= 0.3 is 39.5 Å². The normalized spacial score (nSPS) is 15.0. The summed E-state index contributed by atoms with van der Waals surface area (Å²) < 4.78 is 68.3. The van der Waals surface area contributed by atoms with E-state index in [0.717, 1.165) is 122 Å². The highest BCUT2D eigenvalue weighted by Crippen LogP contribution is 2.45.